The number of likely N-dealkylation sites (tertiary alicyclic amines) is 1. The predicted molar refractivity (Wildman–Crippen MR) is 167 cm³/mol. The Balaban J connectivity index is 1.48. The number of aliphatic hydroxyl groups excluding tert-OH is 1. The average Bonchev–Trinajstić information content (AvgIpc) is 3.50. The second-order valence-corrected chi connectivity index (χ2v) is 11.0. The van der Waals surface area contributed by atoms with Crippen molar-refractivity contribution in [2.24, 2.45) is 5.92 Å². The lowest BCUT2D eigenvalue weighted by Crippen LogP contribution is -2.45. The van der Waals surface area contributed by atoms with Gasteiger partial charge in [-0.1, -0.05) is 54.6 Å². The zero-order valence-corrected chi connectivity index (χ0v) is 25.1. The summed E-state index contributed by atoms with van der Waals surface area (Å²) in [5.74, 6) is -0.528. The Bertz CT molecular complexity index is 1170. The van der Waals surface area contributed by atoms with Gasteiger partial charge in [0, 0.05) is 19.4 Å². The van der Waals surface area contributed by atoms with Crippen LogP contribution in [0.5, 0.6) is 5.75 Å². The molecular weight excluding hydrogens is 544 g/mol. The lowest BCUT2D eigenvalue weighted by molar-refractivity contribution is -0.148. The second kappa shape index (κ2) is 18.6. The van der Waals surface area contributed by atoms with Gasteiger partial charge in [0.1, 0.15) is 19.0 Å². The fourth-order valence-electron chi connectivity index (χ4n) is 5.24. The Hall–Kier alpha value is -3.91. The number of ether oxygens (including phenoxy) is 2. The van der Waals surface area contributed by atoms with E-state index >= 15 is 0 Å². The van der Waals surface area contributed by atoms with E-state index in [-0.39, 0.29) is 43.5 Å². The lowest BCUT2D eigenvalue weighted by Gasteiger charge is -2.28. The fraction of sp³-hybridized carbons (Fsp3) is 0.457. The first-order valence-corrected chi connectivity index (χ1v) is 15.3. The van der Waals surface area contributed by atoms with Gasteiger partial charge in [-0.05, 0) is 68.2 Å². The molecule has 1 saturated heterocycles. The Morgan fingerprint density at radius 3 is 2.49 bits per heavy atom. The molecule has 2 amide bonds. The molecule has 0 saturated carbocycles. The molecular formula is C35H46N2O6. The number of unbranched alkanes of at least 4 members (excludes halogenated alkanes) is 2. The molecule has 8 heteroatoms. The Morgan fingerprint density at radius 2 is 1.79 bits per heavy atom. The van der Waals surface area contributed by atoms with E-state index in [0.717, 1.165) is 49.0 Å². The van der Waals surface area contributed by atoms with Gasteiger partial charge >= 0.3 is 5.97 Å². The summed E-state index contributed by atoms with van der Waals surface area (Å²) >= 11 is 0. The van der Waals surface area contributed by atoms with Crippen molar-refractivity contribution in [3.8, 4) is 5.75 Å². The minimum atomic E-state index is -0.576. The van der Waals surface area contributed by atoms with Crippen molar-refractivity contribution in [2.45, 2.75) is 76.5 Å². The molecule has 2 aromatic carbocycles. The van der Waals surface area contributed by atoms with Crippen LogP contribution in [0.3, 0.4) is 0 Å². The van der Waals surface area contributed by atoms with Crippen LogP contribution < -0.4 is 10.1 Å². The van der Waals surface area contributed by atoms with Crippen molar-refractivity contribution in [3.63, 3.8) is 0 Å². The van der Waals surface area contributed by atoms with Gasteiger partial charge in [0.15, 0.2) is 0 Å². The van der Waals surface area contributed by atoms with Crippen molar-refractivity contribution in [1.29, 1.82) is 0 Å². The van der Waals surface area contributed by atoms with Gasteiger partial charge in [-0.15, -0.1) is 13.2 Å². The van der Waals surface area contributed by atoms with Gasteiger partial charge in [0.2, 0.25) is 11.8 Å². The summed E-state index contributed by atoms with van der Waals surface area (Å²) in [6.45, 7) is 8.44. The van der Waals surface area contributed by atoms with Crippen LogP contribution in [0.15, 0.2) is 79.9 Å². The van der Waals surface area contributed by atoms with Gasteiger partial charge in [0.05, 0.1) is 24.6 Å². The number of benzene rings is 2. The third-order valence-electron chi connectivity index (χ3n) is 7.61. The first-order valence-electron chi connectivity index (χ1n) is 15.3. The minimum absolute atomic E-state index is 0.0140. The van der Waals surface area contributed by atoms with Gasteiger partial charge in [-0.3, -0.25) is 14.4 Å². The number of aliphatic hydroxyl groups is 1. The number of carbonyl (C=O) groups is 3. The molecule has 3 rings (SSSR count). The molecule has 1 heterocycles. The van der Waals surface area contributed by atoms with Crippen LogP contribution in [0.4, 0.5) is 0 Å². The second-order valence-electron chi connectivity index (χ2n) is 11.0. The molecule has 0 aromatic heterocycles. The number of hydrogen-bond donors (Lipinski definition) is 2. The first-order chi connectivity index (χ1) is 20.9. The van der Waals surface area contributed by atoms with Crippen LogP contribution in [0, 0.1) is 5.92 Å². The number of esters is 1. The summed E-state index contributed by atoms with van der Waals surface area (Å²) in [6.07, 6.45) is 8.70. The molecule has 8 nitrogen and oxygen atoms in total. The van der Waals surface area contributed by atoms with Crippen LogP contribution in [0.25, 0.3) is 0 Å². The van der Waals surface area contributed by atoms with Crippen molar-refractivity contribution >= 4 is 17.8 Å². The number of amides is 2. The molecule has 0 bridgehead atoms. The van der Waals surface area contributed by atoms with Crippen LogP contribution in [-0.4, -0.2) is 59.6 Å². The minimum Gasteiger partial charge on any atom is -0.489 e. The molecule has 0 aliphatic carbocycles. The molecule has 0 radical (unpaired) electrons. The zero-order valence-electron chi connectivity index (χ0n) is 25.1. The molecule has 0 spiro atoms. The van der Waals surface area contributed by atoms with Crippen LogP contribution in [-0.2, 0) is 32.1 Å². The van der Waals surface area contributed by atoms with E-state index < -0.39 is 12.0 Å². The van der Waals surface area contributed by atoms with E-state index in [1.165, 1.54) is 0 Å². The first kappa shape index (κ1) is 33.6. The summed E-state index contributed by atoms with van der Waals surface area (Å²) in [6, 6.07) is 16.8. The van der Waals surface area contributed by atoms with E-state index in [2.05, 4.69) is 18.5 Å². The highest BCUT2D eigenvalue weighted by atomic mass is 16.5. The summed E-state index contributed by atoms with van der Waals surface area (Å²) < 4.78 is 11.3. The van der Waals surface area contributed by atoms with Gasteiger partial charge in [-0.25, -0.2) is 0 Å². The molecule has 1 aliphatic heterocycles. The Kier molecular flexibility index (Phi) is 14.5. The molecule has 2 N–H and O–H groups in total. The van der Waals surface area contributed by atoms with Gasteiger partial charge in [0.25, 0.3) is 0 Å². The SMILES string of the molecule is C=CCCCCC(=O)OC[C@@H]1CCCN1C(=O)[C@@H](CC=C)CC(=O)N[C@H](CO)Cc1ccc(OCc2ccccc2)cc1. The number of allylic oxidation sites excluding steroid dienone is 2. The maximum Gasteiger partial charge on any atom is 0.305 e. The van der Waals surface area contributed by atoms with Crippen molar-refractivity contribution in [1.82, 2.24) is 10.2 Å². The molecule has 0 unspecified atom stereocenters. The number of hydrogen-bond acceptors (Lipinski definition) is 6. The molecule has 1 fully saturated rings. The summed E-state index contributed by atoms with van der Waals surface area (Å²) in [4.78, 5) is 40.4. The average molecular weight is 591 g/mol. The van der Waals surface area contributed by atoms with E-state index in [1.54, 1.807) is 11.0 Å². The number of nitrogens with zero attached hydrogens (tertiary/aromatic N) is 1. The van der Waals surface area contributed by atoms with E-state index in [0.29, 0.717) is 32.4 Å². The standard InChI is InChI=1S/C35H46N2O6/c1-3-5-6-10-16-34(40)43-26-31-15-11-21-37(31)35(41)29(12-4-2)23-33(39)36-30(24-38)22-27-17-19-32(20-18-27)42-25-28-13-8-7-9-14-28/h3-4,7-9,13-14,17-20,29-31,38H,1-2,5-6,10-12,15-16,21-26H2,(H,36,39)/t29-,30-,31-/m0/s1. The third kappa shape index (κ3) is 11.7. The van der Waals surface area contributed by atoms with Crippen LogP contribution >= 0.6 is 0 Å². The highest BCUT2D eigenvalue weighted by Crippen LogP contribution is 2.24. The van der Waals surface area contributed by atoms with Gasteiger partial charge < -0.3 is 24.8 Å². The Morgan fingerprint density at radius 1 is 1.02 bits per heavy atom. The quantitative estimate of drug-likeness (QED) is 0.133. The molecule has 43 heavy (non-hydrogen) atoms. The molecule has 232 valence electrons. The van der Waals surface area contributed by atoms with E-state index in [1.807, 2.05) is 60.7 Å². The molecule has 2 aromatic rings. The van der Waals surface area contributed by atoms with Crippen molar-refractivity contribution < 1.29 is 29.0 Å². The summed E-state index contributed by atoms with van der Waals surface area (Å²) in [5, 5.41) is 12.9. The highest BCUT2D eigenvalue weighted by molar-refractivity contribution is 5.86. The van der Waals surface area contributed by atoms with Crippen molar-refractivity contribution in [3.05, 3.63) is 91.0 Å². The number of nitrogens with one attached hydrogen (secondary N) is 1. The summed E-state index contributed by atoms with van der Waals surface area (Å²) in [5.41, 5.74) is 2.03. The van der Waals surface area contributed by atoms with Crippen LogP contribution in [0.2, 0.25) is 0 Å². The topological polar surface area (TPSA) is 105 Å². The Labute approximate surface area is 255 Å². The maximum absolute atomic E-state index is 13.5. The number of carbonyl (C=O) groups excluding carboxylic acids is 3. The van der Waals surface area contributed by atoms with E-state index in [9.17, 15) is 19.5 Å². The lowest BCUT2D eigenvalue weighted by atomic mass is 9.98. The fourth-order valence-corrected chi connectivity index (χ4v) is 5.24. The molecule has 1 aliphatic rings. The summed E-state index contributed by atoms with van der Waals surface area (Å²) in [7, 11) is 0. The van der Waals surface area contributed by atoms with E-state index in [4.69, 9.17) is 9.47 Å². The third-order valence-corrected chi connectivity index (χ3v) is 7.61. The van der Waals surface area contributed by atoms with Gasteiger partial charge in [-0.2, -0.15) is 0 Å². The normalized spacial score (nSPS) is 15.7. The highest BCUT2D eigenvalue weighted by Gasteiger charge is 2.34. The predicted octanol–water partition coefficient (Wildman–Crippen LogP) is 5.15. The largest absolute Gasteiger partial charge is 0.489 e. The zero-order chi connectivity index (χ0) is 30.9. The molecule has 3 atom stereocenters. The van der Waals surface area contributed by atoms with Crippen molar-refractivity contribution in [2.75, 3.05) is 19.8 Å². The monoisotopic (exact) mass is 590 g/mol. The van der Waals surface area contributed by atoms with Crippen LogP contribution in [0.1, 0.15) is 62.5 Å². The number of rotatable bonds is 19. The maximum atomic E-state index is 13.5. The smallest absolute Gasteiger partial charge is 0.305 e.